The fourth-order valence-corrected chi connectivity index (χ4v) is 3.05. The van der Waals surface area contributed by atoms with E-state index in [-0.39, 0.29) is 18.4 Å². The zero-order chi connectivity index (χ0) is 15.9. The summed E-state index contributed by atoms with van der Waals surface area (Å²) in [7, 11) is 0. The molecule has 2 rings (SSSR count). The number of nitrogens with zero attached hydrogens (tertiary/aromatic N) is 1. The van der Waals surface area contributed by atoms with Gasteiger partial charge in [-0.1, -0.05) is 11.6 Å². The molecule has 21 heavy (non-hydrogen) atoms. The Labute approximate surface area is 137 Å². The molecule has 116 valence electrons. The highest BCUT2D eigenvalue weighted by Gasteiger charge is 2.33. The van der Waals surface area contributed by atoms with E-state index < -0.39 is 11.7 Å². The summed E-state index contributed by atoms with van der Waals surface area (Å²) in [4.78, 5) is 13.8. The summed E-state index contributed by atoms with van der Waals surface area (Å²) < 4.78 is 20.1. The molecule has 1 heterocycles. The number of hydrogen-bond donors (Lipinski definition) is 0. The molecule has 0 saturated carbocycles. The van der Waals surface area contributed by atoms with Crippen LogP contribution in [0.1, 0.15) is 38.8 Å². The van der Waals surface area contributed by atoms with Crippen LogP contribution in [0.15, 0.2) is 10.5 Å². The van der Waals surface area contributed by atoms with Crippen molar-refractivity contribution in [1.82, 2.24) is 4.90 Å². The Kier molecular flexibility index (Phi) is 4.54. The molecule has 0 aromatic heterocycles. The summed E-state index contributed by atoms with van der Waals surface area (Å²) in [6.45, 7) is 7.50. The molecular weight excluding hydrogens is 361 g/mol. The predicted molar refractivity (Wildman–Crippen MR) is 84.1 cm³/mol. The maximum Gasteiger partial charge on any atom is 0.410 e. The topological polar surface area (TPSA) is 29.5 Å². The van der Waals surface area contributed by atoms with Crippen LogP contribution < -0.4 is 0 Å². The van der Waals surface area contributed by atoms with Gasteiger partial charge in [0, 0.05) is 16.1 Å². The first-order valence-corrected chi connectivity index (χ1v) is 7.92. The van der Waals surface area contributed by atoms with Crippen LogP contribution in [0.3, 0.4) is 0 Å². The summed E-state index contributed by atoms with van der Waals surface area (Å²) in [6, 6.07) is 1.24. The number of rotatable bonds is 0. The highest BCUT2D eigenvalue weighted by atomic mass is 79.9. The van der Waals surface area contributed by atoms with Crippen LogP contribution in [0.4, 0.5) is 9.18 Å². The van der Waals surface area contributed by atoms with Crippen molar-refractivity contribution in [1.29, 1.82) is 0 Å². The fourth-order valence-electron chi connectivity index (χ4n) is 2.36. The van der Waals surface area contributed by atoms with Crippen LogP contribution in [0.5, 0.6) is 0 Å². The van der Waals surface area contributed by atoms with Crippen LogP contribution in [0.2, 0.25) is 5.02 Å². The minimum atomic E-state index is -0.576. The standard InChI is InChI=1S/C15H18BrClFNO2/c1-8-5-9-10(12(18)6-11(16)13(9)17)7-19(8)14(20)21-15(2,3)4/h6,8H,5,7H2,1-4H3. The van der Waals surface area contributed by atoms with E-state index in [1.807, 2.05) is 27.7 Å². The second-order valence-corrected chi connectivity index (χ2v) is 7.50. The minimum absolute atomic E-state index is 0.0986. The van der Waals surface area contributed by atoms with Gasteiger partial charge in [0.2, 0.25) is 0 Å². The van der Waals surface area contributed by atoms with Gasteiger partial charge in [-0.3, -0.25) is 0 Å². The van der Waals surface area contributed by atoms with Crippen molar-refractivity contribution in [2.24, 2.45) is 0 Å². The second-order valence-electron chi connectivity index (χ2n) is 6.27. The average Bonchev–Trinajstić information content (AvgIpc) is 2.33. The van der Waals surface area contributed by atoms with E-state index in [9.17, 15) is 9.18 Å². The van der Waals surface area contributed by atoms with Gasteiger partial charge in [-0.15, -0.1) is 0 Å². The quantitative estimate of drug-likeness (QED) is 0.599. The summed E-state index contributed by atoms with van der Waals surface area (Å²) in [6.07, 6.45) is 0.0723. The first-order valence-electron chi connectivity index (χ1n) is 6.75. The highest BCUT2D eigenvalue weighted by Crippen LogP contribution is 2.36. The van der Waals surface area contributed by atoms with E-state index in [0.29, 0.717) is 21.5 Å². The molecule has 0 bridgehead atoms. The largest absolute Gasteiger partial charge is 0.444 e. The first-order chi connectivity index (χ1) is 9.60. The van der Waals surface area contributed by atoms with Gasteiger partial charge < -0.3 is 9.64 Å². The molecule has 1 amide bonds. The minimum Gasteiger partial charge on any atom is -0.444 e. The van der Waals surface area contributed by atoms with Crippen LogP contribution in [0, 0.1) is 5.82 Å². The Balaban J connectivity index is 2.33. The van der Waals surface area contributed by atoms with Crippen LogP contribution in [0.25, 0.3) is 0 Å². The van der Waals surface area contributed by atoms with Crippen LogP contribution >= 0.6 is 27.5 Å². The van der Waals surface area contributed by atoms with E-state index in [1.54, 1.807) is 4.90 Å². The SMILES string of the molecule is CC1Cc2c(Cl)c(Br)cc(F)c2CN1C(=O)OC(C)(C)C. The highest BCUT2D eigenvalue weighted by molar-refractivity contribution is 9.10. The van der Waals surface area contributed by atoms with Crippen molar-refractivity contribution in [3.8, 4) is 0 Å². The van der Waals surface area contributed by atoms with Gasteiger partial charge in [-0.2, -0.15) is 0 Å². The van der Waals surface area contributed by atoms with Crippen molar-refractivity contribution in [3.63, 3.8) is 0 Å². The third-order valence-electron chi connectivity index (χ3n) is 3.37. The molecule has 0 aliphatic carbocycles. The molecule has 0 N–H and O–H groups in total. The lowest BCUT2D eigenvalue weighted by Crippen LogP contribution is -2.45. The van der Waals surface area contributed by atoms with Crippen molar-refractivity contribution < 1.29 is 13.9 Å². The molecule has 6 heteroatoms. The third-order valence-corrected chi connectivity index (χ3v) is 4.65. The van der Waals surface area contributed by atoms with Crippen molar-refractivity contribution in [2.75, 3.05) is 0 Å². The van der Waals surface area contributed by atoms with Gasteiger partial charge >= 0.3 is 6.09 Å². The van der Waals surface area contributed by atoms with Crippen molar-refractivity contribution >= 4 is 33.6 Å². The van der Waals surface area contributed by atoms with Gasteiger partial charge in [0.15, 0.2) is 0 Å². The van der Waals surface area contributed by atoms with Gasteiger partial charge in [0.25, 0.3) is 0 Å². The lowest BCUT2D eigenvalue weighted by Gasteiger charge is -2.36. The number of hydrogen-bond acceptors (Lipinski definition) is 2. The normalized spacial score (nSPS) is 18.4. The number of ether oxygens (including phenoxy) is 1. The molecule has 1 aromatic rings. The Morgan fingerprint density at radius 2 is 2.10 bits per heavy atom. The lowest BCUT2D eigenvalue weighted by molar-refractivity contribution is 0.0135. The molecular formula is C15H18BrClFNO2. The lowest BCUT2D eigenvalue weighted by atomic mass is 9.94. The predicted octanol–water partition coefficient (Wildman–Crippen LogP) is 4.92. The summed E-state index contributed by atoms with van der Waals surface area (Å²) in [5.74, 6) is -0.360. The fraction of sp³-hybridized carbons (Fsp3) is 0.533. The molecule has 1 aromatic carbocycles. The van der Waals surface area contributed by atoms with E-state index in [1.165, 1.54) is 6.07 Å². The maximum absolute atomic E-state index is 14.1. The number of benzene rings is 1. The molecule has 1 aliphatic rings. The number of amides is 1. The Morgan fingerprint density at radius 1 is 1.48 bits per heavy atom. The third kappa shape index (κ3) is 3.51. The van der Waals surface area contributed by atoms with E-state index in [4.69, 9.17) is 16.3 Å². The van der Waals surface area contributed by atoms with Gasteiger partial charge in [-0.05, 0) is 61.7 Å². The maximum atomic E-state index is 14.1. The number of fused-ring (bicyclic) bond motifs is 1. The smallest absolute Gasteiger partial charge is 0.410 e. The summed E-state index contributed by atoms with van der Waals surface area (Å²) in [5, 5.41) is 0.516. The first kappa shape index (κ1) is 16.6. The average molecular weight is 379 g/mol. The van der Waals surface area contributed by atoms with Gasteiger partial charge in [0.05, 0.1) is 11.6 Å². The number of carbonyl (C=O) groups is 1. The summed E-state index contributed by atoms with van der Waals surface area (Å²) >= 11 is 9.49. The Morgan fingerprint density at radius 3 is 2.67 bits per heavy atom. The van der Waals surface area contributed by atoms with E-state index >= 15 is 0 Å². The molecule has 0 fully saturated rings. The molecule has 0 radical (unpaired) electrons. The zero-order valence-corrected chi connectivity index (χ0v) is 14.8. The van der Waals surface area contributed by atoms with Crippen LogP contribution in [-0.4, -0.2) is 22.6 Å². The molecule has 1 unspecified atom stereocenters. The molecule has 3 nitrogen and oxygen atoms in total. The molecule has 0 saturated heterocycles. The van der Waals surface area contributed by atoms with Crippen molar-refractivity contribution in [2.45, 2.75) is 52.3 Å². The Bertz CT molecular complexity index is 586. The van der Waals surface area contributed by atoms with Gasteiger partial charge in [0.1, 0.15) is 11.4 Å². The monoisotopic (exact) mass is 377 g/mol. The summed E-state index contributed by atoms with van der Waals surface area (Å²) in [5.41, 5.74) is 0.649. The molecule has 0 spiro atoms. The number of halogens is 3. The molecule has 1 atom stereocenters. The van der Waals surface area contributed by atoms with Crippen LogP contribution in [-0.2, 0) is 17.7 Å². The number of carbonyl (C=O) groups excluding carboxylic acids is 1. The molecule has 1 aliphatic heterocycles. The second kappa shape index (κ2) is 5.76. The Hall–Kier alpha value is -0.810. The van der Waals surface area contributed by atoms with E-state index in [2.05, 4.69) is 15.9 Å². The zero-order valence-electron chi connectivity index (χ0n) is 12.5. The van der Waals surface area contributed by atoms with Crippen molar-refractivity contribution in [3.05, 3.63) is 32.5 Å². The van der Waals surface area contributed by atoms with Gasteiger partial charge in [-0.25, -0.2) is 9.18 Å². The van der Waals surface area contributed by atoms with E-state index in [0.717, 1.165) is 5.56 Å².